The average Bonchev–Trinajstić information content (AvgIpc) is 3.55. The van der Waals surface area contributed by atoms with Gasteiger partial charge >= 0.3 is 5.97 Å². The molecule has 2 heterocycles. The number of carboxylic acid groups (broad SMARTS) is 1. The monoisotopic (exact) mass is 373 g/mol. The van der Waals surface area contributed by atoms with Gasteiger partial charge in [-0.1, -0.05) is 0 Å². The molecule has 1 saturated heterocycles. The highest BCUT2D eigenvalue weighted by Gasteiger charge is 2.39. The summed E-state index contributed by atoms with van der Waals surface area (Å²) in [5.41, 5.74) is 1.52. The number of fused-ring (bicyclic) bond motifs is 1. The SMILES string of the molecule is O=C(O)C1=CN(C2CC2)c2cc(N3CCNC(C4CC4)C3)c(F)cc2C1O. The van der Waals surface area contributed by atoms with Gasteiger partial charge in [-0.05, 0) is 43.7 Å². The van der Waals surface area contributed by atoms with E-state index >= 15 is 0 Å². The van der Waals surface area contributed by atoms with Crippen LogP contribution in [0, 0.1) is 11.7 Å². The number of halogens is 1. The van der Waals surface area contributed by atoms with E-state index in [1.54, 1.807) is 6.07 Å². The molecular formula is C20H24FN3O3. The summed E-state index contributed by atoms with van der Waals surface area (Å²) < 4.78 is 15.0. The fourth-order valence-corrected chi connectivity index (χ4v) is 4.35. The van der Waals surface area contributed by atoms with Gasteiger partial charge in [0, 0.05) is 49.2 Å². The molecule has 27 heavy (non-hydrogen) atoms. The lowest BCUT2D eigenvalue weighted by Gasteiger charge is -2.37. The number of carbonyl (C=O) groups is 1. The molecule has 2 aliphatic carbocycles. The Hall–Kier alpha value is -2.12. The van der Waals surface area contributed by atoms with Crippen LogP contribution in [0.5, 0.6) is 0 Å². The summed E-state index contributed by atoms with van der Waals surface area (Å²) in [6.45, 7) is 2.35. The van der Waals surface area contributed by atoms with Crippen LogP contribution < -0.4 is 15.1 Å². The van der Waals surface area contributed by atoms with E-state index in [2.05, 4.69) is 10.2 Å². The van der Waals surface area contributed by atoms with Gasteiger partial charge in [0.15, 0.2) is 0 Å². The Labute approximate surface area is 157 Å². The van der Waals surface area contributed by atoms with Gasteiger partial charge in [-0.3, -0.25) is 0 Å². The van der Waals surface area contributed by atoms with Crippen LogP contribution in [0.2, 0.25) is 0 Å². The molecular weight excluding hydrogens is 349 g/mol. The summed E-state index contributed by atoms with van der Waals surface area (Å²) in [5, 5.41) is 23.4. The van der Waals surface area contributed by atoms with Crippen molar-refractivity contribution in [2.24, 2.45) is 5.92 Å². The van der Waals surface area contributed by atoms with Crippen molar-refractivity contribution in [3.8, 4) is 0 Å². The third-order valence-corrected chi connectivity index (χ3v) is 6.17. The maximum Gasteiger partial charge on any atom is 0.336 e. The minimum atomic E-state index is -1.31. The zero-order valence-electron chi connectivity index (χ0n) is 15.1. The third-order valence-electron chi connectivity index (χ3n) is 6.17. The van der Waals surface area contributed by atoms with Crippen molar-refractivity contribution in [1.82, 2.24) is 5.32 Å². The average molecular weight is 373 g/mol. The van der Waals surface area contributed by atoms with E-state index in [0.717, 1.165) is 38.2 Å². The Morgan fingerprint density at radius 1 is 1.19 bits per heavy atom. The van der Waals surface area contributed by atoms with Crippen molar-refractivity contribution in [1.29, 1.82) is 0 Å². The Balaban J connectivity index is 1.52. The van der Waals surface area contributed by atoms with Crippen molar-refractivity contribution in [2.75, 3.05) is 29.4 Å². The number of benzene rings is 1. The Morgan fingerprint density at radius 3 is 2.63 bits per heavy atom. The normalized spacial score (nSPS) is 28.0. The zero-order chi connectivity index (χ0) is 18.7. The number of carboxylic acids is 1. The number of piperazine rings is 1. The molecule has 2 aliphatic heterocycles. The molecule has 3 fully saturated rings. The number of aliphatic hydroxyl groups is 1. The molecule has 0 radical (unpaired) electrons. The van der Waals surface area contributed by atoms with Crippen molar-refractivity contribution < 1.29 is 19.4 Å². The second-order valence-corrected chi connectivity index (χ2v) is 8.14. The molecule has 1 aromatic carbocycles. The molecule has 7 heteroatoms. The number of anilines is 2. The van der Waals surface area contributed by atoms with Crippen LogP contribution in [-0.2, 0) is 4.79 Å². The number of rotatable bonds is 4. The first-order valence-electron chi connectivity index (χ1n) is 9.76. The second kappa shape index (κ2) is 6.21. The number of nitrogens with one attached hydrogen (secondary N) is 1. The number of hydrogen-bond donors (Lipinski definition) is 3. The molecule has 0 spiro atoms. The quantitative estimate of drug-likeness (QED) is 0.750. The predicted octanol–water partition coefficient (Wildman–Crippen LogP) is 2.00. The highest BCUT2D eigenvalue weighted by atomic mass is 19.1. The summed E-state index contributed by atoms with van der Waals surface area (Å²) in [6.07, 6.45) is 4.65. The van der Waals surface area contributed by atoms with E-state index in [1.165, 1.54) is 25.1 Å². The third kappa shape index (κ3) is 2.99. The standard InChI is InChI=1S/C20H24FN3O3/c21-15-7-13-17(24(12-3-4-12)9-14(19(13)25)20(26)27)8-18(15)23-6-5-22-16(10-23)11-1-2-11/h7-9,11-12,16,19,22,25H,1-6,10H2,(H,26,27). The van der Waals surface area contributed by atoms with Crippen LogP contribution in [0.3, 0.4) is 0 Å². The first-order chi connectivity index (χ1) is 13.0. The fourth-order valence-electron chi connectivity index (χ4n) is 4.35. The van der Waals surface area contributed by atoms with Crippen LogP contribution in [0.15, 0.2) is 23.9 Å². The van der Waals surface area contributed by atoms with Gasteiger partial charge < -0.3 is 25.3 Å². The maximum atomic E-state index is 15.0. The predicted molar refractivity (Wildman–Crippen MR) is 99.3 cm³/mol. The van der Waals surface area contributed by atoms with Crippen LogP contribution in [-0.4, -0.2) is 47.9 Å². The summed E-state index contributed by atoms with van der Waals surface area (Å²) in [6, 6.07) is 3.76. The molecule has 6 nitrogen and oxygen atoms in total. The summed E-state index contributed by atoms with van der Waals surface area (Å²) in [5.74, 6) is -0.872. The summed E-state index contributed by atoms with van der Waals surface area (Å²) in [4.78, 5) is 15.5. The lowest BCUT2D eigenvalue weighted by atomic mass is 9.95. The van der Waals surface area contributed by atoms with E-state index in [-0.39, 0.29) is 11.6 Å². The van der Waals surface area contributed by atoms with Crippen LogP contribution >= 0.6 is 0 Å². The lowest BCUT2D eigenvalue weighted by Crippen LogP contribution is -2.52. The van der Waals surface area contributed by atoms with Crippen molar-refractivity contribution in [3.63, 3.8) is 0 Å². The van der Waals surface area contributed by atoms with Crippen molar-refractivity contribution >= 4 is 17.3 Å². The van der Waals surface area contributed by atoms with Gasteiger partial charge in [0.2, 0.25) is 0 Å². The Kier molecular flexibility index (Phi) is 3.91. The van der Waals surface area contributed by atoms with Gasteiger partial charge in [0.25, 0.3) is 0 Å². The minimum Gasteiger partial charge on any atom is -0.478 e. The van der Waals surface area contributed by atoms with E-state index in [1.807, 2.05) is 4.90 Å². The molecule has 2 unspecified atom stereocenters. The molecule has 0 aromatic heterocycles. The smallest absolute Gasteiger partial charge is 0.336 e. The van der Waals surface area contributed by atoms with Crippen LogP contribution in [0.4, 0.5) is 15.8 Å². The highest BCUT2D eigenvalue weighted by Crippen LogP contribution is 2.45. The largest absolute Gasteiger partial charge is 0.478 e. The maximum absolute atomic E-state index is 15.0. The number of hydrogen-bond acceptors (Lipinski definition) is 5. The first kappa shape index (κ1) is 17.0. The van der Waals surface area contributed by atoms with E-state index < -0.39 is 17.9 Å². The highest BCUT2D eigenvalue weighted by molar-refractivity contribution is 5.91. The first-order valence-corrected chi connectivity index (χ1v) is 9.76. The van der Waals surface area contributed by atoms with E-state index in [0.29, 0.717) is 23.2 Å². The molecule has 4 aliphatic rings. The zero-order valence-corrected chi connectivity index (χ0v) is 15.1. The van der Waals surface area contributed by atoms with Gasteiger partial charge in [0.05, 0.1) is 11.3 Å². The lowest BCUT2D eigenvalue weighted by molar-refractivity contribution is -0.133. The van der Waals surface area contributed by atoms with E-state index in [4.69, 9.17) is 0 Å². The molecule has 144 valence electrons. The molecule has 0 amide bonds. The second-order valence-electron chi connectivity index (χ2n) is 8.14. The van der Waals surface area contributed by atoms with Crippen LogP contribution in [0.25, 0.3) is 0 Å². The Morgan fingerprint density at radius 2 is 1.96 bits per heavy atom. The fraction of sp³-hybridized carbons (Fsp3) is 0.550. The van der Waals surface area contributed by atoms with Gasteiger partial charge in [-0.25, -0.2) is 9.18 Å². The summed E-state index contributed by atoms with van der Waals surface area (Å²) >= 11 is 0. The molecule has 3 N–H and O–H groups in total. The van der Waals surface area contributed by atoms with Gasteiger partial charge in [0.1, 0.15) is 11.9 Å². The van der Waals surface area contributed by atoms with Crippen LogP contribution in [0.1, 0.15) is 37.4 Å². The number of nitrogens with zero attached hydrogens (tertiary/aromatic N) is 2. The van der Waals surface area contributed by atoms with Crippen molar-refractivity contribution in [2.45, 2.75) is 43.9 Å². The molecule has 5 rings (SSSR count). The molecule has 2 saturated carbocycles. The summed E-state index contributed by atoms with van der Waals surface area (Å²) in [7, 11) is 0. The van der Waals surface area contributed by atoms with Crippen molar-refractivity contribution in [3.05, 3.63) is 35.3 Å². The topological polar surface area (TPSA) is 76.0 Å². The van der Waals surface area contributed by atoms with Gasteiger partial charge in [-0.2, -0.15) is 0 Å². The molecule has 0 bridgehead atoms. The molecule has 2 atom stereocenters. The van der Waals surface area contributed by atoms with E-state index in [9.17, 15) is 19.4 Å². The van der Waals surface area contributed by atoms with Gasteiger partial charge in [-0.15, -0.1) is 0 Å². The minimum absolute atomic E-state index is 0.0995. The number of aliphatic carboxylic acids is 1. The molecule has 1 aromatic rings. The Bertz CT molecular complexity index is 819. The number of aliphatic hydroxyl groups excluding tert-OH is 1.